The molecule has 0 saturated heterocycles. The van der Waals surface area contributed by atoms with E-state index in [1.165, 1.54) is 0 Å². The van der Waals surface area contributed by atoms with E-state index in [0.29, 0.717) is 38.8 Å². The molecule has 0 aliphatic rings. The van der Waals surface area contributed by atoms with Gasteiger partial charge in [-0.2, -0.15) is 0 Å². The zero-order valence-electron chi connectivity index (χ0n) is 15.8. The van der Waals surface area contributed by atoms with Crippen LogP contribution in [-0.2, 0) is 16.0 Å². The summed E-state index contributed by atoms with van der Waals surface area (Å²) < 4.78 is 15.8. The van der Waals surface area contributed by atoms with Crippen LogP contribution in [0.4, 0.5) is 0 Å². The van der Waals surface area contributed by atoms with E-state index in [4.69, 9.17) is 14.0 Å². The fraction of sp³-hybridized carbons (Fsp3) is 0.765. The molecule has 1 heterocycles. The normalized spacial score (nSPS) is 11.5. The van der Waals surface area contributed by atoms with E-state index in [9.17, 15) is 0 Å². The maximum Gasteiger partial charge on any atom is 0.191 e. The van der Waals surface area contributed by atoms with Gasteiger partial charge in [0.2, 0.25) is 0 Å². The molecule has 0 unspecified atom stereocenters. The standard InChI is InChI=1S/C17H32N4O3.HI/c1-5-14(6-2)16-12-15(24-21-16)13-20-17(18-7-3)19-8-9-23-11-10-22-4;/h12,14H,5-11,13H2,1-4H3,(H2,18,19,20);1H. The smallest absolute Gasteiger partial charge is 0.191 e. The van der Waals surface area contributed by atoms with Crippen LogP contribution in [0.5, 0.6) is 0 Å². The van der Waals surface area contributed by atoms with Gasteiger partial charge in [0.15, 0.2) is 11.7 Å². The largest absolute Gasteiger partial charge is 0.382 e. The molecule has 25 heavy (non-hydrogen) atoms. The lowest BCUT2D eigenvalue weighted by atomic mass is 9.99. The van der Waals surface area contributed by atoms with Gasteiger partial charge in [0.05, 0.1) is 25.5 Å². The fourth-order valence-corrected chi connectivity index (χ4v) is 2.29. The molecule has 0 aromatic carbocycles. The number of aliphatic imine (C=N–C) groups is 1. The van der Waals surface area contributed by atoms with Crippen molar-refractivity contribution in [3.05, 3.63) is 17.5 Å². The Hall–Kier alpha value is -0.870. The number of hydrogen-bond acceptors (Lipinski definition) is 5. The summed E-state index contributed by atoms with van der Waals surface area (Å²) in [5.74, 6) is 1.99. The number of guanidine groups is 1. The second-order valence-electron chi connectivity index (χ2n) is 5.46. The van der Waals surface area contributed by atoms with Crippen molar-refractivity contribution in [2.75, 3.05) is 40.0 Å². The highest BCUT2D eigenvalue weighted by Gasteiger charge is 2.12. The first-order valence-corrected chi connectivity index (χ1v) is 8.79. The summed E-state index contributed by atoms with van der Waals surface area (Å²) in [6.45, 7) is 10.1. The Morgan fingerprint density at radius 2 is 1.96 bits per heavy atom. The highest BCUT2D eigenvalue weighted by atomic mass is 127. The lowest BCUT2D eigenvalue weighted by Gasteiger charge is -2.11. The number of methoxy groups -OCH3 is 1. The number of nitrogens with zero attached hydrogens (tertiary/aromatic N) is 2. The minimum Gasteiger partial charge on any atom is -0.382 e. The summed E-state index contributed by atoms with van der Waals surface area (Å²) >= 11 is 0. The quantitative estimate of drug-likeness (QED) is 0.213. The Morgan fingerprint density at radius 3 is 2.60 bits per heavy atom. The summed E-state index contributed by atoms with van der Waals surface area (Å²) in [6.07, 6.45) is 2.14. The molecule has 0 aliphatic heterocycles. The van der Waals surface area contributed by atoms with Gasteiger partial charge in [-0.1, -0.05) is 19.0 Å². The minimum atomic E-state index is 0. The third-order valence-corrected chi connectivity index (χ3v) is 3.69. The summed E-state index contributed by atoms with van der Waals surface area (Å²) in [5.41, 5.74) is 1.02. The molecular weight excluding hydrogens is 435 g/mol. The van der Waals surface area contributed by atoms with Crippen molar-refractivity contribution in [1.82, 2.24) is 15.8 Å². The predicted octanol–water partition coefficient (Wildman–Crippen LogP) is 2.91. The Bertz CT molecular complexity index is 465. The van der Waals surface area contributed by atoms with E-state index in [1.807, 2.05) is 13.0 Å². The second-order valence-corrected chi connectivity index (χ2v) is 5.46. The van der Waals surface area contributed by atoms with Crippen molar-refractivity contribution < 1.29 is 14.0 Å². The Balaban J connectivity index is 0.00000576. The molecule has 0 spiro atoms. The average molecular weight is 468 g/mol. The van der Waals surface area contributed by atoms with Gasteiger partial charge in [0, 0.05) is 32.2 Å². The van der Waals surface area contributed by atoms with Gasteiger partial charge in [0.25, 0.3) is 0 Å². The minimum absolute atomic E-state index is 0. The topological polar surface area (TPSA) is 80.9 Å². The van der Waals surface area contributed by atoms with Crippen LogP contribution in [0.15, 0.2) is 15.6 Å². The second kappa shape index (κ2) is 15.4. The molecule has 1 rings (SSSR count). The maximum absolute atomic E-state index is 5.42. The Morgan fingerprint density at radius 1 is 1.20 bits per heavy atom. The summed E-state index contributed by atoms with van der Waals surface area (Å²) in [5, 5.41) is 10.6. The van der Waals surface area contributed by atoms with Crippen molar-refractivity contribution in [2.45, 2.75) is 46.1 Å². The van der Waals surface area contributed by atoms with Gasteiger partial charge >= 0.3 is 0 Å². The highest BCUT2D eigenvalue weighted by Crippen LogP contribution is 2.22. The van der Waals surface area contributed by atoms with Gasteiger partial charge < -0.3 is 24.6 Å². The lowest BCUT2D eigenvalue weighted by Crippen LogP contribution is -2.39. The highest BCUT2D eigenvalue weighted by molar-refractivity contribution is 14.0. The number of halogens is 1. The van der Waals surface area contributed by atoms with Crippen molar-refractivity contribution in [3.8, 4) is 0 Å². The van der Waals surface area contributed by atoms with Crippen LogP contribution < -0.4 is 10.6 Å². The van der Waals surface area contributed by atoms with Gasteiger partial charge in [-0.3, -0.25) is 0 Å². The number of ether oxygens (including phenoxy) is 2. The van der Waals surface area contributed by atoms with E-state index < -0.39 is 0 Å². The molecule has 0 radical (unpaired) electrons. The van der Waals surface area contributed by atoms with Crippen LogP contribution in [0.2, 0.25) is 0 Å². The molecule has 0 atom stereocenters. The van der Waals surface area contributed by atoms with E-state index in [2.05, 4.69) is 34.6 Å². The zero-order valence-corrected chi connectivity index (χ0v) is 18.2. The van der Waals surface area contributed by atoms with Crippen LogP contribution in [-0.4, -0.2) is 51.1 Å². The first-order chi connectivity index (χ1) is 11.7. The molecule has 0 amide bonds. The zero-order chi connectivity index (χ0) is 17.6. The number of hydrogen-bond donors (Lipinski definition) is 2. The molecule has 0 aliphatic carbocycles. The Labute approximate surface area is 168 Å². The SMILES string of the molecule is CCNC(=NCc1cc(C(CC)CC)no1)NCCOCCOC.I. The van der Waals surface area contributed by atoms with Crippen molar-refractivity contribution in [1.29, 1.82) is 0 Å². The third kappa shape index (κ3) is 10.0. The predicted molar refractivity (Wildman–Crippen MR) is 111 cm³/mol. The average Bonchev–Trinajstić information content (AvgIpc) is 3.05. The molecule has 7 nitrogen and oxygen atoms in total. The lowest BCUT2D eigenvalue weighted by molar-refractivity contribution is 0.0733. The van der Waals surface area contributed by atoms with Gasteiger partial charge in [-0.15, -0.1) is 24.0 Å². The number of rotatable bonds is 12. The molecule has 146 valence electrons. The maximum atomic E-state index is 5.42. The molecule has 1 aromatic rings. The summed E-state index contributed by atoms with van der Waals surface area (Å²) in [4.78, 5) is 4.52. The van der Waals surface area contributed by atoms with Crippen molar-refractivity contribution in [3.63, 3.8) is 0 Å². The van der Waals surface area contributed by atoms with Gasteiger partial charge in [0.1, 0.15) is 6.54 Å². The van der Waals surface area contributed by atoms with Crippen LogP contribution in [0.25, 0.3) is 0 Å². The molecule has 2 N–H and O–H groups in total. The third-order valence-electron chi connectivity index (χ3n) is 3.69. The van der Waals surface area contributed by atoms with E-state index in [1.54, 1.807) is 7.11 Å². The monoisotopic (exact) mass is 468 g/mol. The Kier molecular flexibility index (Phi) is 14.9. The summed E-state index contributed by atoms with van der Waals surface area (Å²) in [7, 11) is 1.66. The van der Waals surface area contributed by atoms with Gasteiger partial charge in [-0.25, -0.2) is 4.99 Å². The van der Waals surface area contributed by atoms with Crippen LogP contribution in [0.1, 0.15) is 51.0 Å². The number of aromatic nitrogens is 1. The number of nitrogens with one attached hydrogen (secondary N) is 2. The first kappa shape index (κ1) is 24.1. The van der Waals surface area contributed by atoms with Crippen LogP contribution in [0.3, 0.4) is 0 Å². The molecule has 0 bridgehead atoms. The van der Waals surface area contributed by atoms with Gasteiger partial charge in [-0.05, 0) is 19.8 Å². The first-order valence-electron chi connectivity index (χ1n) is 8.79. The molecule has 0 saturated carbocycles. The summed E-state index contributed by atoms with van der Waals surface area (Å²) in [6, 6.07) is 2.01. The van der Waals surface area contributed by atoms with E-state index in [0.717, 1.165) is 36.8 Å². The van der Waals surface area contributed by atoms with E-state index in [-0.39, 0.29) is 24.0 Å². The molecule has 1 aromatic heterocycles. The fourth-order valence-electron chi connectivity index (χ4n) is 2.29. The van der Waals surface area contributed by atoms with Crippen molar-refractivity contribution >= 4 is 29.9 Å². The molecule has 0 fully saturated rings. The van der Waals surface area contributed by atoms with Crippen LogP contribution in [0, 0.1) is 0 Å². The molecule has 8 heteroatoms. The molecular formula is C17H33IN4O3. The van der Waals surface area contributed by atoms with Crippen molar-refractivity contribution in [2.24, 2.45) is 4.99 Å². The van der Waals surface area contributed by atoms with Crippen LogP contribution >= 0.6 is 24.0 Å². The van der Waals surface area contributed by atoms with E-state index >= 15 is 0 Å².